The van der Waals surface area contributed by atoms with Crippen LogP contribution >= 0.6 is 0 Å². The third kappa shape index (κ3) is 2.86. The van der Waals surface area contributed by atoms with Crippen molar-refractivity contribution in [2.45, 2.75) is 0 Å². The van der Waals surface area contributed by atoms with Crippen molar-refractivity contribution in [3.05, 3.63) is 140 Å². The van der Waals surface area contributed by atoms with Crippen molar-refractivity contribution in [3.63, 3.8) is 0 Å². The van der Waals surface area contributed by atoms with Gasteiger partial charge in [-0.15, -0.1) is 0 Å². The molecule has 0 unspecified atom stereocenters. The van der Waals surface area contributed by atoms with Gasteiger partial charge in [-0.3, -0.25) is 4.40 Å². The van der Waals surface area contributed by atoms with Gasteiger partial charge in [-0.2, -0.15) is 0 Å². The molecule has 0 spiro atoms. The number of imidazole rings is 1. The number of benzene rings is 6. The van der Waals surface area contributed by atoms with Crippen molar-refractivity contribution in [3.8, 4) is 16.8 Å². The van der Waals surface area contributed by atoms with Gasteiger partial charge in [-0.25, -0.2) is 4.98 Å². The average Bonchev–Trinajstić information content (AvgIpc) is 3.59. The Hall–Kier alpha value is -5.41. The minimum atomic E-state index is 0.992. The van der Waals surface area contributed by atoms with E-state index in [0.29, 0.717) is 0 Å². The summed E-state index contributed by atoms with van der Waals surface area (Å²) < 4.78 is 4.74. The molecule has 3 nitrogen and oxygen atoms in total. The van der Waals surface area contributed by atoms with E-state index in [-0.39, 0.29) is 0 Å². The molecule has 3 heteroatoms. The molecule has 0 bridgehead atoms. The Bertz CT molecular complexity index is 2430. The van der Waals surface area contributed by atoms with E-state index in [1.807, 2.05) is 0 Å². The third-order valence-corrected chi connectivity index (χ3v) is 8.27. The first-order valence-corrected chi connectivity index (χ1v) is 13.7. The SMILES string of the molecule is c1ccc(-c2cccc(-n3c4ccccc4c4ccc5c(nc6c7ccccc7c7ccccc7n56)c43)c2)cc1. The van der Waals surface area contributed by atoms with Gasteiger partial charge in [0, 0.05) is 27.2 Å². The first kappa shape index (κ1) is 21.5. The lowest BCUT2D eigenvalue weighted by Crippen LogP contribution is -1.95. The maximum atomic E-state index is 5.43. The van der Waals surface area contributed by atoms with Crippen molar-refractivity contribution in [1.82, 2.24) is 14.0 Å². The van der Waals surface area contributed by atoms with Crippen LogP contribution in [0.4, 0.5) is 0 Å². The second-order valence-corrected chi connectivity index (χ2v) is 10.4. The Labute approximate surface area is 230 Å². The number of rotatable bonds is 2. The highest BCUT2D eigenvalue weighted by Gasteiger charge is 2.20. The summed E-state index contributed by atoms with van der Waals surface area (Å²) in [7, 11) is 0. The Balaban J connectivity index is 1.48. The quantitative estimate of drug-likeness (QED) is 0.213. The normalized spacial score (nSPS) is 12.0. The van der Waals surface area contributed by atoms with E-state index in [9.17, 15) is 0 Å². The number of pyridine rings is 1. The Morgan fingerprint density at radius 3 is 1.90 bits per heavy atom. The van der Waals surface area contributed by atoms with Crippen molar-refractivity contribution in [2.24, 2.45) is 0 Å². The fraction of sp³-hybridized carbons (Fsp3) is 0. The lowest BCUT2D eigenvalue weighted by molar-refractivity contribution is 1.18. The molecule has 0 amide bonds. The molecule has 0 aliphatic carbocycles. The molecule has 40 heavy (non-hydrogen) atoms. The number of nitrogens with zero attached hydrogens (tertiary/aromatic N) is 3. The summed E-state index contributed by atoms with van der Waals surface area (Å²) in [6.07, 6.45) is 0. The molecule has 0 aliphatic rings. The zero-order chi connectivity index (χ0) is 26.2. The van der Waals surface area contributed by atoms with Crippen molar-refractivity contribution >= 4 is 60.2 Å². The summed E-state index contributed by atoms with van der Waals surface area (Å²) in [4.78, 5) is 5.43. The Morgan fingerprint density at radius 2 is 1.07 bits per heavy atom. The van der Waals surface area contributed by atoms with Crippen LogP contribution in [-0.2, 0) is 0 Å². The van der Waals surface area contributed by atoms with Gasteiger partial charge in [-0.05, 0) is 52.9 Å². The fourth-order valence-corrected chi connectivity index (χ4v) is 6.55. The predicted molar refractivity (Wildman–Crippen MR) is 167 cm³/mol. The van der Waals surface area contributed by atoms with Crippen LogP contribution in [-0.4, -0.2) is 14.0 Å². The van der Waals surface area contributed by atoms with Crippen LogP contribution in [0.5, 0.6) is 0 Å². The zero-order valence-corrected chi connectivity index (χ0v) is 21.6. The molecule has 0 atom stereocenters. The highest BCUT2D eigenvalue weighted by atomic mass is 15.1. The average molecular weight is 510 g/mol. The van der Waals surface area contributed by atoms with Gasteiger partial charge in [0.25, 0.3) is 0 Å². The van der Waals surface area contributed by atoms with Gasteiger partial charge >= 0.3 is 0 Å². The number of hydrogen-bond donors (Lipinski definition) is 0. The maximum Gasteiger partial charge on any atom is 0.146 e. The smallest absolute Gasteiger partial charge is 0.146 e. The monoisotopic (exact) mass is 509 g/mol. The summed E-state index contributed by atoms with van der Waals surface area (Å²) in [6, 6.07) is 49.9. The highest BCUT2D eigenvalue weighted by Crippen LogP contribution is 2.39. The number of fused-ring (bicyclic) bond motifs is 12. The van der Waals surface area contributed by atoms with Gasteiger partial charge < -0.3 is 4.57 Å². The molecule has 3 aromatic heterocycles. The molecule has 9 rings (SSSR count). The summed E-state index contributed by atoms with van der Waals surface area (Å²) in [5.74, 6) is 0. The zero-order valence-electron chi connectivity index (χ0n) is 21.6. The number of para-hydroxylation sites is 2. The van der Waals surface area contributed by atoms with E-state index in [2.05, 4.69) is 148 Å². The van der Waals surface area contributed by atoms with E-state index in [1.54, 1.807) is 0 Å². The third-order valence-electron chi connectivity index (χ3n) is 8.27. The molecule has 0 radical (unpaired) electrons. The van der Waals surface area contributed by atoms with Crippen LogP contribution in [0.3, 0.4) is 0 Å². The van der Waals surface area contributed by atoms with Gasteiger partial charge in [-0.1, -0.05) is 103 Å². The van der Waals surface area contributed by atoms with E-state index >= 15 is 0 Å². The van der Waals surface area contributed by atoms with E-state index in [0.717, 1.165) is 27.9 Å². The second kappa shape index (κ2) is 8.05. The van der Waals surface area contributed by atoms with Gasteiger partial charge in [0.1, 0.15) is 11.2 Å². The number of aromatic nitrogens is 3. The molecule has 9 aromatic rings. The van der Waals surface area contributed by atoms with Crippen molar-refractivity contribution in [1.29, 1.82) is 0 Å². The first-order valence-electron chi connectivity index (χ1n) is 13.7. The van der Waals surface area contributed by atoms with Gasteiger partial charge in [0.05, 0.1) is 22.1 Å². The molecule has 0 saturated heterocycles. The van der Waals surface area contributed by atoms with Crippen LogP contribution in [0.1, 0.15) is 0 Å². The largest absolute Gasteiger partial charge is 0.307 e. The molecular formula is C37H23N3. The van der Waals surface area contributed by atoms with Crippen LogP contribution in [0.25, 0.3) is 77.0 Å². The van der Waals surface area contributed by atoms with E-state index in [1.165, 1.54) is 49.1 Å². The molecule has 3 heterocycles. The molecular weight excluding hydrogens is 486 g/mol. The standard InChI is InChI=1S/C37H23N3/c1-2-11-24(12-3-1)25-13-10-14-26(23-25)39-32-19-8-7-17-29(32)30-21-22-34-35(36(30)39)38-37-31-18-5-4-15-27(31)28-16-6-9-20-33(28)40(34)37/h1-23H. The molecule has 0 fully saturated rings. The topological polar surface area (TPSA) is 22.2 Å². The van der Waals surface area contributed by atoms with E-state index < -0.39 is 0 Å². The van der Waals surface area contributed by atoms with Gasteiger partial charge in [0.2, 0.25) is 0 Å². The molecule has 0 aliphatic heterocycles. The predicted octanol–water partition coefficient (Wildman–Crippen LogP) is 9.56. The summed E-state index contributed by atoms with van der Waals surface area (Å²) >= 11 is 0. The Morgan fingerprint density at radius 1 is 0.425 bits per heavy atom. The molecule has 186 valence electrons. The molecule has 0 saturated carbocycles. The summed E-state index contributed by atoms with van der Waals surface area (Å²) in [5.41, 5.74) is 10.2. The van der Waals surface area contributed by atoms with Crippen LogP contribution in [0.2, 0.25) is 0 Å². The van der Waals surface area contributed by atoms with Crippen molar-refractivity contribution in [2.75, 3.05) is 0 Å². The van der Waals surface area contributed by atoms with E-state index in [4.69, 9.17) is 4.98 Å². The first-order chi connectivity index (χ1) is 19.9. The van der Waals surface area contributed by atoms with Crippen LogP contribution < -0.4 is 0 Å². The minimum Gasteiger partial charge on any atom is -0.307 e. The van der Waals surface area contributed by atoms with Gasteiger partial charge in [0.15, 0.2) is 0 Å². The molecule has 0 N–H and O–H groups in total. The highest BCUT2D eigenvalue weighted by molar-refractivity contribution is 6.20. The lowest BCUT2D eigenvalue weighted by Gasteiger charge is -2.11. The van der Waals surface area contributed by atoms with Crippen LogP contribution in [0.15, 0.2) is 140 Å². The summed E-state index contributed by atoms with van der Waals surface area (Å²) in [5, 5.41) is 6.08. The van der Waals surface area contributed by atoms with Crippen molar-refractivity contribution < 1.29 is 0 Å². The van der Waals surface area contributed by atoms with Crippen LogP contribution in [0, 0.1) is 0 Å². The summed E-state index contributed by atoms with van der Waals surface area (Å²) in [6.45, 7) is 0. The second-order valence-electron chi connectivity index (χ2n) is 10.4. The maximum absolute atomic E-state index is 5.43. The Kier molecular flexibility index (Phi) is 4.33. The minimum absolute atomic E-state index is 0.992. The molecule has 6 aromatic carbocycles. The fourth-order valence-electron chi connectivity index (χ4n) is 6.55. The number of hydrogen-bond acceptors (Lipinski definition) is 1. The lowest BCUT2D eigenvalue weighted by atomic mass is 10.1.